The molecule has 0 fully saturated rings. The van der Waals surface area contributed by atoms with Crippen molar-refractivity contribution >= 4 is 33.6 Å². The molecule has 3 aromatic rings. The number of allylic oxidation sites excluding steroid dienone is 1. The molecule has 0 spiro atoms. The summed E-state index contributed by atoms with van der Waals surface area (Å²) in [4.78, 5) is 26.4. The lowest BCUT2D eigenvalue weighted by molar-refractivity contribution is -0.136. The molecule has 1 aliphatic heterocycles. The van der Waals surface area contributed by atoms with E-state index in [1.807, 2.05) is 24.3 Å². The third-order valence-corrected chi connectivity index (χ3v) is 5.88. The van der Waals surface area contributed by atoms with Crippen molar-refractivity contribution in [1.29, 1.82) is 0 Å². The number of tetrazole rings is 1. The molecule has 0 bridgehead atoms. The molecule has 0 radical (unpaired) electrons. The van der Waals surface area contributed by atoms with Gasteiger partial charge in [0.15, 0.2) is 5.78 Å². The molecule has 9 heteroatoms. The molecule has 1 aromatic heterocycles. The summed E-state index contributed by atoms with van der Waals surface area (Å²) >= 11 is 3.38. The second kappa shape index (κ2) is 8.31. The zero-order chi connectivity index (χ0) is 23.0. The molecule has 4 rings (SSSR count). The normalized spacial score (nSPS) is 15.7. The SMILES string of the molecule is COC(=O)C1=C(C(=O)c2ccc(Br)cc2)[C@H](c2ccc(C(C)(C)C)cc2)n2nnnc2N1. The molecule has 1 aliphatic rings. The van der Waals surface area contributed by atoms with Crippen molar-refractivity contribution in [2.24, 2.45) is 0 Å². The zero-order valence-electron chi connectivity index (χ0n) is 18.1. The number of hydrogen-bond acceptors (Lipinski definition) is 7. The van der Waals surface area contributed by atoms with E-state index < -0.39 is 12.0 Å². The van der Waals surface area contributed by atoms with E-state index in [4.69, 9.17) is 4.74 Å². The molecule has 8 nitrogen and oxygen atoms in total. The monoisotopic (exact) mass is 495 g/mol. The minimum absolute atomic E-state index is 0.0209. The summed E-state index contributed by atoms with van der Waals surface area (Å²) in [6.07, 6.45) is 0. The van der Waals surface area contributed by atoms with Gasteiger partial charge in [0.2, 0.25) is 5.95 Å². The van der Waals surface area contributed by atoms with Gasteiger partial charge >= 0.3 is 5.97 Å². The van der Waals surface area contributed by atoms with E-state index in [-0.39, 0.29) is 28.4 Å². The Bertz CT molecular complexity index is 1210. The first-order valence-electron chi connectivity index (χ1n) is 9.99. The van der Waals surface area contributed by atoms with Crippen molar-refractivity contribution in [3.63, 3.8) is 0 Å². The van der Waals surface area contributed by atoms with Gasteiger partial charge in [-0.25, -0.2) is 4.79 Å². The minimum atomic E-state index is -0.708. The highest BCUT2D eigenvalue weighted by atomic mass is 79.9. The van der Waals surface area contributed by atoms with E-state index >= 15 is 0 Å². The number of fused-ring (bicyclic) bond motifs is 1. The van der Waals surface area contributed by atoms with Gasteiger partial charge in [0.25, 0.3) is 0 Å². The van der Waals surface area contributed by atoms with Crippen LogP contribution in [0.5, 0.6) is 0 Å². The number of nitrogens with one attached hydrogen (secondary N) is 1. The minimum Gasteiger partial charge on any atom is -0.464 e. The number of esters is 1. The summed E-state index contributed by atoms with van der Waals surface area (Å²) in [5.74, 6) is -0.741. The second-order valence-electron chi connectivity index (χ2n) is 8.46. The molecule has 32 heavy (non-hydrogen) atoms. The Morgan fingerprint density at radius 3 is 2.31 bits per heavy atom. The van der Waals surface area contributed by atoms with Gasteiger partial charge in [0.05, 0.1) is 12.7 Å². The number of benzene rings is 2. The zero-order valence-corrected chi connectivity index (χ0v) is 19.7. The van der Waals surface area contributed by atoms with Gasteiger partial charge in [0, 0.05) is 10.0 Å². The first-order valence-corrected chi connectivity index (χ1v) is 10.8. The van der Waals surface area contributed by atoms with Crippen molar-refractivity contribution < 1.29 is 14.3 Å². The number of hydrogen-bond donors (Lipinski definition) is 1. The van der Waals surface area contributed by atoms with Crippen molar-refractivity contribution in [1.82, 2.24) is 20.2 Å². The van der Waals surface area contributed by atoms with Crippen molar-refractivity contribution in [2.45, 2.75) is 32.2 Å². The molecule has 1 atom stereocenters. The lowest BCUT2D eigenvalue weighted by Gasteiger charge is -2.28. The van der Waals surface area contributed by atoms with Crippen LogP contribution in [-0.4, -0.2) is 39.1 Å². The largest absolute Gasteiger partial charge is 0.464 e. The van der Waals surface area contributed by atoms with Gasteiger partial charge in [-0.05, 0) is 51.2 Å². The van der Waals surface area contributed by atoms with E-state index in [1.54, 1.807) is 24.3 Å². The average molecular weight is 496 g/mol. The number of rotatable bonds is 4. The summed E-state index contributed by atoms with van der Waals surface area (Å²) in [6, 6.07) is 14.1. The highest BCUT2D eigenvalue weighted by molar-refractivity contribution is 9.10. The van der Waals surface area contributed by atoms with Gasteiger partial charge in [0.1, 0.15) is 11.7 Å². The molecule has 1 N–H and O–H groups in total. The third kappa shape index (κ3) is 3.95. The highest BCUT2D eigenvalue weighted by Crippen LogP contribution is 2.37. The van der Waals surface area contributed by atoms with E-state index in [0.29, 0.717) is 5.56 Å². The Morgan fingerprint density at radius 2 is 1.72 bits per heavy atom. The molecule has 0 saturated heterocycles. The van der Waals surface area contributed by atoms with Crippen LogP contribution in [0.25, 0.3) is 0 Å². The summed E-state index contributed by atoms with van der Waals surface area (Å²) in [7, 11) is 1.27. The Balaban J connectivity index is 1.91. The smallest absolute Gasteiger partial charge is 0.355 e. The number of methoxy groups -OCH3 is 1. The highest BCUT2D eigenvalue weighted by Gasteiger charge is 2.38. The van der Waals surface area contributed by atoms with Crippen LogP contribution >= 0.6 is 15.9 Å². The van der Waals surface area contributed by atoms with Crippen LogP contribution in [0.4, 0.5) is 5.95 Å². The number of carbonyl (C=O) groups is 2. The summed E-state index contributed by atoms with van der Waals surface area (Å²) in [5.41, 5.74) is 2.55. The molecule has 0 unspecified atom stereocenters. The predicted octanol–water partition coefficient (Wildman–Crippen LogP) is 4.06. The number of Topliss-reactive ketones (excluding diaryl/α,β-unsaturated/α-hetero) is 1. The first-order chi connectivity index (χ1) is 15.2. The quantitative estimate of drug-likeness (QED) is 0.430. The van der Waals surface area contributed by atoms with Crippen LogP contribution in [0.2, 0.25) is 0 Å². The number of ketones is 1. The Labute approximate surface area is 193 Å². The van der Waals surface area contributed by atoms with E-state index in [0.717, 1.165) is 15.6 Å². The maximum Gasteiger partial charge on any atom is 0.355 e. The summed E-state index contributed by atoms with van der Waals surface area (Å²) in [6.45, 7) is 6.39. The maximum absolute atomic E-state index is 13.7. The summed E-state index contributed by atoms with van der Waals surface area (Å²) < 4.78 is 7.32. The van der Waals surface area contributed by atoms with Crippen molar-refractivity contribution in [2.75, 3.05) is 12.4 Å². The van der Waals surface area contributed by atoms with Crippen LogP contribution in [0.15, 0.2) is 64.3 Å². The number of aromatic nitrogens is 4. The number of ether oxygens (including phenoxy) is 1. The lowest BCUT2D eigenvalue weighted by atomic mass is 9.84. The average Bonchev–Trinajstić information content (AvgIpc) is 3.25. The Morgan fingerprint density at radius 1 is 1.06 bits per heavy atom. The number of anilines is 1. The van der Waals surface area contributed by atoms with Crippen molar-refractivity contribution in [3.8, 4) is 0 Å². The van der Waals surface area contributed by atoms with E-state index in [2.05, 4.69) is 57.5 Å². The van der Waals surface area contributed by atoms with Gasteiger partial charge < -0.3 is 10.1 Å². The number of carbonyl (C=O) groups excluding carboxylic acids is 2. The molecule has 0 saturated carbocycles. The fourth-order valence-corrected chi connectivity index (χ4v) is 3.88. The third-order valence-electron chi connectivity index (χ3n) is 5.35. The fourth-order valence-electron chi connectivity index (χ4n) is 3.62. The summed E-state index contributed by atoms with van der Waals surface area (Å²) in [5, 5.41) is 14.7. The predicted molar refractivity (Wildman–Crippen MR) is 122 cm³/mol. The second-order valence-corrected chi connectivity index (χ2v) is 9.38. The molecule has 0 amide bonds. The maximum atomic E-state index is 13.7. The Kier molecular flexibility index (Phi) is 5.68. The molecule has 2 heterocycles. The standard InChI is InChI=1S/C23H22BrN5O3/c1-23(2,3)15-9-5-13(6-10-15)19-17(20(30)14-7-11-16(24)12-8-14)18(21(31)32-4)25-22-26-27-28-29(19)22/h5-12,19H,1-4H3,(H,25,26,28)/t19-/m0/s1. The van der Waals surface area contributed by atoms with E-state index in [9.17, 15) is 9.59 Å². The fraction of sp³-hybridized carbons (Fsp3) is 0.261. The number of halogens is 1. The van der Waals surface area contributed by atoms with Gasteiger partial charge in [-0.15, -0.1) is 0 Å². The molecule has 0 aliphatic carbocycles. The van der Waals surface area contributed by atoms with Crippen LogP contribution in [-0.2, 0) is 14.9 Å². The van der Waals surface area contributed by atoms with E-state index in [1.165, 1.54) is 11.8 Å². The van der Waals surface area contributed by atoms with Gasteiger partial charge in [-0.1, -0.05) is 66.1 Å². The molecular weight excluding hydrogens is 474 g/mol. The van der Waals surface area contributed by atoms with Gasteiger partial charge in [-0.2, -0.15) is 4.68 Å². The lowest BCUT2D eigenvalue weighted by Crippen LogP contribution is -2.33. The molecular formula is C23H22BrN5O3. The van der Waals surface area contributed by atoms with Crippen LogP contribution < -0.4 is 5.32 Å². The van der Waals surface area contributed by atoms with Crippen LogP contribution in [0, 0.1) is 0 Å². The first kappa shape index (κ1) is 21.9. The van der Waals surface area contributed by atoms with Crippen LogP contribution in [0.1, 0.15) is 48.3 Å². The van der Waals surface area contributed by atoms with Crippen LogP contribution in [0.3, 0.4) is 0 Å². The number of nitrogens with zero attached hydrogens (tertiary/aromatic N) is 4. The molecule has 164 valence electrons. The van der Waals surface area contributed by atoms with Crippen molar-refractivity contribution in [3.05, 3.63) is 81.0 Å². The topological polar surface area (TPSA) is 99.0 Å². The molecule has 2 aromatic carbocycles. The Hall–Kier alpha value is -3.33. The van der Waals surface area contributed by atoms with Gasteiger partial charge in [-0.3, -0.25) is 4.79 Å².